The first-order chi connectivity index (χ1) is 16.4. The van der Waals surface area contributed by atoms with E-state index in [0.29, 0.717) is 22.4 Å². The Labute approximate surface area is 194 Å². The van der Waals surface area contributed by atoms with Crippen LogP contribution in [0.3, 0.4) is 0 Å². The van der Waals surface area contributed by atoms with Gasteiger partial charge in [-0.1, -0.05) is 11.2 Å². The number of aliphatic hydroxyl groups is 1. The molecule has 1 aromatic carbocycles. The molecule has 4 heterocycles. The summed E-state index contributed by atoms with van der Waals surface area (Å²) in [5, 5.41) is 14.2. The zero-order valence-corrected chi connectivity index (χ0v) is 18.9. The van der Waals surface area contributed by atoms with Crippen LogP contribution in [0.15, 0.2) is 59.5 Å². The topological polar surface area (TPSA) is 77.0 Å². The monoisotopic (exact) mass is 460 g/mol. The quantitative estimate of drug-likeness (QED) is 0.361. The molecule has 0 aliphatic heterocycles. The van der Waals surface area contributed by atoms with E-state index in [1.807, 2.05) is 49.6 Å². The molecule has 4 aromatic heterocycles. The molecule has 5 aromatic rings. The summed E-state index contributed by atoms with van der Waals surface area (Å²) in [5.41, 5.74) is 4.10. The van der Waals surface area contributed by atoms with E-state index in [4.69, 9.17) is 9.51 Å². The van der Waals surface area contributed by atoms with E-state index in [9.17, 15) is 9.50 Å². The first-order valence-corrected chi connectivity index (χ1v) is 10.8. The Morgan fingerprint density at radius 3 is 2.59 bits per heavy atom. The van der Waals surface area contributed by atoms with Crippen LogP contribution in [0.4, 0.5) is 8.78 Å². The van der Waals surface area contributed by atoms with Crippen molar-refractivity contribution in [2.45, 2.75) is 33.4 Å². The van der Waals surface area contributed by atoms with Crippen molar-refractivity contribution in [2.24, 2.45) is 0 Å². The molecular formula is C26H22F2N4O2. The molecule has 0 spiro atoms. The van der Waals surface area contributed by atoms with Gasteiger partial charge in [-0.25, -0.2) is 13.8 Å². The summed E-state index contributed by atoms with van der Waals surface area (Å²) in [6.07, 6.45) is 5.25. The van der Waals surface area contributed by atoms with E-state index in [1.54, 1.807) is 18.6 Å². The number of hydrogen-bond donors (Lipinski definition) is 1. The number of fused-ring (bicyclic) bond motifs is 1. The maximum Gasteiger partial charge on any atom is 0.141 e. The van der Waals surface area contributed by atoms with Gasteiger partial charge in [-0.05, 0) is 51.1 Å². The molecule has 5 rings (SSSR count). The maximum atomic E-state index is 15.3. The minimum absolute atomic E-state index is 0.181. The largest absolute Gasteiger partial charge is 0.391 e. The predicted octanol–water partition coefficient (Wildman–Crippen LogP) is 5.75. The van der Waals surface area contributed by atoms with E-state index < -0.39 is 18.2 Å². The minimum Gasteiger partial charge on any atom is -0.391 e. The van der Waals surface area contributed by atoms with Crippen molar-refractivity contribution in [3.05, 3.63) is 89.3 Å². The molecule has 0 aliphatic carbocycles. The van der Waals surface area contributed by atoms with Crippen molar-refractivity contribution < 1.29 is 18.4 Å². The summed E-state index contributed by atoms with van der Waals surface area (Å²) < 4.78 is 36.7. The molecule has 172 valence electrons. The highest BCUT2D eigenvalue weighted by Gasteiger charge is 2.23. The lowest BCUT2D eigenvalue weighted by atomic mass is 9.99. The van der Waals surface area contributed by atoms with Crippen LogP contribution in [-0.4, -0.2) is 24.8 Å². The average Bonchev–Trinajstić information content (AvgIpc) is 3.38. The van der Waals surface area contributed by atoms with Crippen LogP contribution in [0.1, 0.15) is 35.7 Å². The Morgan fingerprint density at radius 2 is 1.91 bits per heavy atom. The molecule has 0 unspecified atom stereocenters. The highest BCUT2D eigenvalue weighted by atomic mass is 19.1. The minimum atomic E-state index is -0.796. The van der Waals surface area contributed by atoms with Crippen LogP contribution >= 0.6 is 0 Å². The second-order valence-electron chi connectivity index (χ2n) is 8.22. The molecule has 0 aliphatic rings. The van der Waals surface area contributed by atoms with Crippen molar-refractivity contribution in [2.75, 3.05) is 0 Å². The van der Waals surface area contributed by atoms with Gasteiger partial charge >= 0.3 is 0 Å². The van der Waals surface area contributed by atoms with Gasteiger partial charge in [0.2, 0.25) is 0 Å². The van der Waals surface area contributed by atoms with Crippen LogP contribution in [-0.2, 0) is 6.61 Å². The highest BCUT2D eigenvalue weighted by molar-refractivity contribution is 5.97. The van der Waals surface area contributed by atoms with Crippen molar-refractivity contribution in [3.8, 4) is 22.3 Å². The van der Waals surface area contributed by atoms with Gasteiger partial charge in [0, 0.05) is 51.8 Å². The van der Waals surface area contributed by atoms with E-state index in [2.05, 4.69) is 10.1 Å². The molecule has 6 nitrogen and oxygen atoms in total. The Bertz CT molecular complexity index is 1490. The first-order valence-electron chi connectivity index (χ1n) is 10.8. The summed E-state index contributed by atoms with van der Waals surface area (Å²) in [7, 11) is 0. The molecule has 0 saturated carbocycles. The van der Waals surface area contributed by atoms with Crippen LogP contribution in [0.25, 0.3) is 33.3 Å². The van der Waals surface area contributed by atoms with E-state index in [1.165, 1.54) is 12.1 Å². The fourth-order valence-electron chi connectivity index (χ4n) is 4.39. The number of halogens is 2. The lowest BCUT2D eigenvalue weighted by Gasteiger charge is -2.14. The number of aromatic nitrogens is 4. The van der Waals surface area contributed by atoms with Crippen molar-refractivity contribution in [3.63, 3.8) is 0 Å². The number of hydrogen-bond acceptors (Lipinski definition) is 5. The summed E-state index contributed by atoms with van der Waals surface area (Å²) in [4.78, 5) is 9.18. The normalized spacial score (nSPS) is 12.4. The highest BCUT2D eigenvalue weighted by Crippen LogP contribution is 2.38. The van der Waals surface area contributed by atoms with Gasteiger partial charge in [-0.3, -0.25) is 4.98 Å². The van der Waals surface area contributed by atoms with Gasteiger partial charge in [0.25, 0.3) is 0 Å². The second kappa shape index (κ2) is 8.46. The van der Waals surface area contributed by atoms with Gasteiger partial charge in [-0.15, -0.1) is 0 Å². The Hall–Kier alpha value is -3.91. The Kier molecular flexibility index (Phi) is 5.45. The Morgan fingerprint density at radius 1 is 1.09 bits per heavy atom. The zero-order valence-electron chi connectivity index (χ0n) is 18.9. The summed E-state index contributed by atoms with van der Waals surface area (Å²) in [6, 6.07) is 9.92. The summed E-state index contributed by atoms with van der Waals surface area (Å²) in [6.45, 7) is 4.91. The van der Waals surface area contributed by atoms with Crippen molar-refractivity contribution in [1.29, 1.82) is 0 Å². The lowest BCUT2D eigenvalue weighted by molar-refractivity contribution is 0.269. The number of nitrogens with zero attached hydrogens (tertiary/aromatic N) is 4. The molecule has 1 N–H and O–H groups in total. The molecule has 0 radical (unpaired) electrons. The molecule has 0 bridgehead atoms. The lowest BCUT2D eigenvalue weighted by Crippen LogP contribution is -2.07. The number of pyridine rings is 2. The zero-order chi connectivity index (χ0) is 24.0. The molecule has 8 heteroatoms. The van der Waals surface area contributed by atoms with Crippen molar-refractivity contribution >= 4 is 11.0 Å². The van der Waals surface area contributed by atoms with E-state index in [0.717, 1.165) is 22.5 Å². The maximum absolute atomic E-state index is 15.3. The number of rotatable bonds is 5. The fraction of sp³-hybridized carbons (Fsp3) is 0.192. The molecule has 34 heavy (non-hydrogen) atoms. The SMILES string of the molecule is Cc1noc(C)c1-c1cnc2c(c1)c(-c1ccc(F)c(CO)c1F)cn2[C@@H](C)c1ccccn1. The molecule has 1 atom stereocenters. The number of aliphatic hydroxyl groups excluding tert-OH is 1. The van der Waals surface area contributed by atoms with Crippen LogP contribution in [0.2, 0.25) is 0 Å². The third-order valence-corrected chi connectivity index (χ3v) is 6.16. The van der Waals surface area contributed by atoms with Gasteiger partial charge < -0.3 is 14.2 Å². The third-order valence-electron chi connectivity index (χ3n) is 6.16. The van der Waals surface area contributed by atoms with Crippen LogP contribution in [0.5, 0.6) is 0 Å². The van der Waals surface area contributed by atoms with E-state index in [-0.39, 0.29) is 17.2 Å². The van der Waals surface area contributed by atoms with Gasteiger partial charge in [-0.2, -0.15) is 0 Å². The van der Waals surface area contributed by atoms with Gasteiger partial charge in [0.15, 0.2) is 0 Å². The molecule has 0 fully saturated rings. The standard InChI is InChI=1S/C26H22F2N4O2/c1-14-24(16(3)34-31-14)17-10-19-20(18-7-8-22(27)21(13-33)25(18)28)12-32(26(19)30-11-17)15(2)23-6-4-5-9-29-23/h4-12,15,33H,13H2,1-3H3/t15-/m0/s1. The van der Waals surface area contributed by atoms with Crippen LogP contribution in [0, 0.1) is 25.5 Å². The predicted molar refractivity (Wildman–Crippen MR) is 124 cm³/mol. The number of benzene rings is 1. The van der Waals surface area contributed by atoms with E-state index >= 15 is 4.39 Å². The summed E-state index contributed by atoms with van der Waals surface area (Å²) >= 11 is 0. The molecule has 0 amide bonds. The Balaban J connectivity index is 1.79. The fourth-order valence-corrected chi connectivity index (χ4v) is 4.39. The summed E-state index contributed by atoms with van der Waals surface area (Å²) in [5.74, 6) is -0.935. The average molecular weight is 460 g/mol. The number of aryl methyl sites for hydroxylation is 2. The van der Waals surface area contributed by atoms with Crippen molar-refractivity contribution in [1.82, 2.24) is 19.7 Å². The first kappa shape index (κ1) is 21.9. The van der Waals surface area contributed by atoms with Gasteiger partial charge in [0.1, 0.15) is 23.0 Å². The molecular weight excluding hydrogens is 438 g/mol. The van der Waals surface area contributed by atoms with Crippen LogP contribution < -0.4 is 0 Å². The third kappa shape index (κ3) is 3.47. The second-order valence-corrected chi connectivity index (χ2v) is 8.22. The molecule has 0 saturated heterocycles. The van der Waals surface area contributed by atoms with Gasteiger partial charge in [0.05, 0.1) is 24.0 Å². The smallest absolute Gasteiger partial charge is 0.141 e.